The molecular formula is C19H23N5O3. The lowest BCUT2D eigenvalue weighted by molar-refractivity contribution is -0.147. The number of hydrogen-bond donors (Lipinski definition) is 0. The first-order valence-corrected chi connectivity index (χ1v) is 9.12. The van der Waals surface area contributed by atoms with Gasteiger partial charge in [0.15, 0.2) is 18.1 Å². The molecule has 1 aromatic carbocycles. The van der Waals surface area contributed by atoms with E-state index >= 15 is 0 Å². The fraction of sp³-hybridized carbons (Fsp3) is 0.421. The number of aryl methyl sites for hydroxylation is 1. The first kappa shape index (κ1) is 18.8. The molecule has 1 saturated heterocycles. The zero-order chi connectivity index (χ0) is 19.1. The summed E-state index contributed by atoms with van der Waals surface area (Å²) in [4.78, 5) is 26.8. The SMILES string of the molecule is Cc1nnnn1/C(=C\c1ccccc1)C(=O)OCC(=O)N1CCCCCC1. The summed E-state index contributed by atoms with van der Waals surface area (Å²) in [6.07, 6.45) is 5.88. The molecule has 1 aliphatic rings. The molecule has 27 heavy (non-hydrogen) atoms. The molecule has 0 radical (unpaired) electrons. The Labute approximate surface area is 157 Å². The molecule has 1 fully saturated rings. The number of carbonyl (C=O) groups excluding carboxylic acids is 2. The van der Waals surface area contributed by atoms with Crippen molar-refractivity contribution in [3.05, 3.63) is 41.7 Å². The highest BCUT2D eigenvalue weighted by Crippen LogP contribution is 2.14. The van der Waals surface area contributed by atoms with Gasteiger partial charge in [0.1, 0.15) is 0 Å². The second-order valence-electron chi connectivity index (χ2n) is 6.45. The van der Waals surface area contributed by atoms with Gasteiger partial charge in [0.2, 0.25) is 0 Å². The number of benzene rings is 1. The van der Waals surface area contributed by atoms with Crippen LogP contribution in [0, 0.1) is 6.92 Å². The van der Waals surface area contributed by atoms with Gasteiger partial charge in [0, 0.05) is 13.1 Å². The lowest BCUT2D eigenvalue weighted by Gasteiger charge is -2.20. The summed E-state index contributed by atoms with van der Waals surface area (Å²) in [6, 6.07) is 9.33. The highest BCUT2D eigenvalue weighted by atomic mass is 16.5. The minimum atomic E-state index is -0.641. The summed E-state index contributed by atoms with van der Waals surface area (Å²) in [5.41, 5.74) is 0.963. The molecule has 0 saturated carbocycles. The second-order valence-corrected chi connectivity index (χ2v) is 6.45. The van der Waals surface area contributed by atoms with Gasteiger partial charge in [0.25, 0.3) is 5.91 Å². The van der Waals surface area contributed by atoms with E-state index in [1.54, 1.807) is 17.9 Å². The number of rotatable bonds is 5. The lowest BCUT2D eigenvalue weighted by atomic mass is 10.2. The molecule has 1 aromatic heterocycles. The summed E-state index contributed by atoms with van der Waals surface area (Å²) >= 11 is 0. The van der Waals surface area contributed by atoms with E-state index in [2.05, 4.69) is 15.5 Å². The normalized spacial score (nSPS) is 15.3. The van der Waals surface area contributed by atoms with Gasteiger partial charge in [-0.15, -0.1) is 5.10 Å². The van der Waals surface area contributed by atoms with E-state index < -0.39 is 5.97 Å². The van der Waals surface area contributed by atoms with Gasteiger partial charge in [-0.3, -0.25) is 4.79 Å². The number of esters is 1. The minimum absolute atomic E-state index is 0.160. The van der Waals surface area contributed by atoms with Crippen molar-refractivity contribution < 1.29 is 14.3 Å². The molecule has 8 heteroatoms. The molecule has 1 amide bonds. The molecule has 0 unspecified atom stereocenters. The number of tetrazole rings is 1. The quantitative estimate of drug-likeness (QED) is 0.591. The third kappa shape index (κ3) is 4.99. The monoisotopic (exact) mass is 369 g/mol. The third-order valence-electron chi connectivity index (χ3n) is 4.45. The van der Waals surface area contributed by atoms with Crippen LogP contribution in [0.5, 0.6) is 0 Å². The number of aromatic nitrogens is 4. The summed E-state index contributed by atoms with van der Waals surface area (Å²) < 4.78 is 6.61. The van der Waals surface area contributed by atoms with E-state index in [9.17, 15) is 9.59 Å². The number of likely N-dealkylation sites (tertiary alicyclic amines) is 1. The Hall–Kier alpha value is -3.03. The van der Waals surface area contributed by atoms with Crippen LogP contribution in [-0.4, -0.2) is 56.7 Å². The fourth-order valence-electron chi connectivity index (χ4n) is 2.98. The van der Waals surface area contributed by atoms with Crippen LogP contribution < -0.4 is 0 Å². The van der Waals surface area contributed by atoms with Crippen molar-refractivity contribution >= 4 is 23.6 Å². The largest absolute Gasteiger partial charge is 0.451 e. The minimum Gasteiger partial charge on any atom is -0.451 e. The van der Waals surface area contributed by atoms with E-state index in [0.29, 0.717) is 5.82 Å². The van der Waals surface area contributed by atoms with Crippen LogP contribution in [0.15, 0.2) is 30.3 Å². The maximum Gasteiger partial charge on any atom is 0.357 e. The molecule has 3 rings (SSSR count). The fourth-order valence-corrected chi connectivity index (χ4v) is 2.98. The molecule has 0 atom stereocenters. The highest BCUT2D eigenvalue weighted by molar-refractivity contribution is 6.15. The summed E-state index contributed by atoms with van der Waals surface area (Å²) in [6.45, 7) is 2.84. The molecule has 0 aliphatic carbocycles. The Morgan fingerprint density at radius 1 is 1.11 bits per heavy atom. The van der Waals surface area contributed by atoms with Crippen LogP contribution in [0.1, 0.15) is 37.1 Å². The molecule has 0 spiro atoms. The Morgan fingerprint density at radius 2 is 1.81 bits per heavy atom. The number of hydrogen-bond acceptors (Lipinski definition) is 6. The Bertz CT molecular complexity index is 808. The molecule has 2 heterocycles. The first-order valence-electron chi connectivity index (χ1n) is 9.12. The summed E-state index contributed by atoms with van der Waals surface area (Å²) in [5.74, 6) is -0.358. The predicted molar refractivity (Wildman–Crippen MR) is 99.2 cm³/mol. The van der Waals surface area contributed by atoms with Crippen LogP contribution in [0.2, 0.25) is 0 Å². The van der Waals surface area contributed by atoms with Crippen molar-refractivity contribution in [1.82, 2.24) is 25.1 Å². The predicted octanol–water partition coefficient (Wildman–Crippen LogP) is 1.93. The average molecular weight is 369 g/mol. The Balaban J connectivity index is 1.73. The molecule has 0 bridgehead atoms. The van der Waals surface area contributed by atoms with Crippen molar-refractivity contribution in [1.29, 1.82) is 0 Å². The van der Waals surface area contributed by atoms with E-state index in [1.807, 2.05) is 30.3 Å². The number of carbonyl (C=O) groups is 2. The standard InChI is InChI=1S/C19H23N5O3/c1-15-20-21-22-24(15)17(13-16-9-5-4-6-10-16)19(26)27-14-18(25)23-11-7-2-3-8-12-23/h4-6,9-10,13H,2-3,7-8,11-12,14H2,1H3/b17-13-. The Morgan fingerprint density at radius 3 is 2.44 bits per heavy atom. The Kier molecular flexibility index (Phi) is 6.30. The zero-order valence-electron chi connectivity index (χ0n) is 15.4. The van der Waals surface area contributed by atoms with Crippen molar-refractivity contribution in [2.75, 3.05) is 19.7 Å². The second kappa shape index (κ2) is 9.07. The zero-order valence-corrected chi connectivity index (χ0v) is 15.4. The topological polar surface area (TPSA) is 90.2 Å². The number of nitrogens with zero attached hydrogens (tertiary/aromatic N) is 5. The van der Waals surface area contributed by atoms with E-state index in [1.165, 1.54) is 4.68 Å². The van der Waals surface area contributed by atoms with E-state index in [4.69, 9.17) is 4.74 Å². The molecule has 142 valence electrons. The number of ether oxygens (including phenoxy) is 1. The molecule has 0 N–H and O–H groups in total. The van der Waals surface area contributed by atoms with Crippen molar-refractivity contribution in [2.45, 2.75) is 32.6 Å². The van der Waals surface area contributed by atoms with Crippen molar-refractivity contribution in [3.63, 3.8) is 0 Å². The van der Waals surface area contributed by atoms with Crippen LogP contribution in [0.25, 0.3) is 11.8 Å². The van der Waals surface area contributed by atoms with Gasteiger partial charge < -0.3 is 9.64 Å². The van der Waals surface area contributed by atoms with Crippen LogP contribution >= 0.6 is 0 Å². The van der Waals surface area contributed by atoms with Gasteiger partial charge in [-0.25, -0.2) is 4.79 Å². The van der Waals surface area contributed by atoms with Crippen LogP contribution in [0.3, 0.4) is 0 Å². The van der Waals surface area contributed by atoms with Gasteiger partial charge in [-0.1, -0.05) is 43.2 Å². The maximum atomic E-state index is 12.7. The van der Waals surface area contributed by atoms with Crippen LogP contribution in [-0.2, 0) is 14.3 Å². The first-order chi connectivity index (χ1) is 13.1. The number of amides is 1. The molecule has 1 aliphatic heterocycles. The maximum absolute atomic E-state index is 12.7. The van der Waals surface area contributed by atoms with Crippen LogP contribution in [0.4, 0.5) is 0 Å². The lowest BCUT2D eigenvalue weighted by Crippen LogP contribution is -2.35. The van der Waals surface area contributed by atoms with E-state index in [0.717, 1.165) is 44.3 Å². The molecular weight excluding hydrogens is 346 g/mol. The average Bonchev–Trinajstić information content (AvgIpc) is 2.94. The van der Waals surface area contributed by atoms with Gasteiger partial charge in [0.05, 0.1) is 0 Å². The molecule has 8 nitrogen and oxygen atoms in total. The van der Waals surface area contributed by atoms with Gasteiger partial charge in [-0.2, -0.15) is 4.68 Å². The van der Waals surface area contributed by atoms with Gasteiger partial charge >= 0.3 is 5.97 Å². The van der Waals surface area contributed by atoms with Crippen molar-refractivity contribution in [3.8, 4) is 0 Å². The van der Waals surface area contributed by atoms with Gasteiger partial charge in [-0.05, 0) is 41.8 Å². The van der Waals surface area contributed by atoms with E-state index in [-0.39, 0.29) is 18.2 Å². The third-order valence-corrected chi connectivity index (χ3v) is 4.45. The highest BCUT2D eigenvalue weighted by Gasteiger charge is 2.21. The smallest absolute Gasteiger partial charge is 0.357 e. The summed E-state index contributed by atoms with van der Waals surface area (Å²) in [7, 11) is 0. The molecule has 2 aromatic rings. The van der Waals surface area contributed by atoms with Crippen molar-refractivity contribution in [2.24, 2.45) is 0 Å². The summed E-state index contributed by atoms with van der Waals surface area (Å²) in [5, 5.41) is 11.3.